The molecule has 32 heavy (non-hydrogen) atoms. The first-order valence-electron chi connectivity index (χ1n) is 11.9. The van der Waals surface area contributed by atoms with E-state index in [1.165, 1.54) is 55.7 Å². The molecule has 0 N–H and O–H groups in total. The summed E-state index contributed by atoms with van der Waals surface area (Å²) < 4.78 is 0. The second-order valence-electron chi connectivity index (χ2n) is 9.54. The minimum atomic E-state index is -0.162. The fourth-order valence-corrected chi connectivity index (χ4v) is 6.64. The zero-order valence-corrected chi connectivity index (χ0v) is 18.5. The number of benzene rings is 3. The Kier molecular flexibility index (Phi) is 3.73. The summed E-state index contributed by atoms with van der Waals surface area (Å²) in [6.45, 7) is 2.16. The van der Waals surface area contributed by atoms with Crippen molar-refractivity contribution in [3.8, 4) is 22.3 Å². The first-order chi connectivity index (χ1) is 15.8. The Morgan fingerprint density at radius 2 is 1.50 bits per heavy atom. The van der Waals surface area contributed by atoms with Crippen molar-refractivity contribution >= 4 is 0 Å². The highest BCUT2D eigenvalue weighted by Crippen LogP contribution is 2.65. The van der Waals surface area contributed by atoms with Crippen LogP contribution in [0.15, 0.2) is 113 Å². The van der Waals surface area contributed by atoms with E-state index in [9.17, 15) is 0 Å². The smallest absolute Gasteiger partial charge is 0.0719 e. The minimum absolute atomic E-state index is 0.162. The first kappa shape index (κ1) is 18.2. The monoisotopic (exact) mass is 410 g/mol. The van der Waals surface area contributed by atoms with E-state index >= 15 is 0 Å². The molecular formula is C32H26. The van der Waals surface area contributed by atoms with Gasteiger partial charge in [0.1, 0.15) is 0 Å². The third kappa shape index (κ3) is 2.18. The van der Waals surface area contributed by atoms with E-state index in [4.69, 9.17) is 0 Å². The molecule has 0 heteroatoms. The van der Waals surface area contributed by atoms with E-state index in [0.29, 0.717) is 0 Å². The number of fused-ring (bicyclic) bond motifs is 9. The number of allylic oxidation sites excluding steroid dienone is 8. The maximum absolute atomic E-state index is 2.55. The van der Waals surface area contributed by atoms with E-state index in [0.717, 1.165) is 25.7 Å². The Balaban J connectivity index is 1.61. The Morgan fingerprint density at radius 1 is 0.719 bits per heavy atom. The molecule has 0 aliphatic heterocycles. The zero-order valence-electron chi connectivity index (χ0n) is 18.5. The summed E-state index contributed by atoms with van der Waals surface area (Å²) in [5.41, 5.74) is 15.7. The molecule has 1 atom stereocenters. The Bertz CT molecular complexity index is 1400. The highest BCUT2D eigenvalue weighted by molar-refractivity contribution is 5.97. The van der Waals surface area contributed by atoms with E-state index in [1.54, 1.807) is 5.57 Å². The molecule has 7 rings (SSSR count). The molecule has 0 saturated heterocycles. The van der Waals surface area contributed by atoms with Crippen LogP contribution in [0.2, 0.25) is 0 Å². The summed E-state index contributed by atoms with van der Waals surface area (Å²) in [6, 6.07) is 25.2. The number of hydrogen-bond donors (Lipinski definition) is 0. The summed E-state index contributed by atoms with van der Waals surface area (Å²) >= 11 is 0. The Morgan fingerprint density at radius 3 is 2.41 bits per heavy atom. The number of hydrogen-bond acceptors (Lipinski definition) is 0. The van der Waals surface area contributed by atoms with Crippen LogP contribution in [0.25, 0.3) is 22.3 Å². The van der Waals surface area contributed by atoms with E-state index in [2.05, 4.69) is 98.0 Å². The lowest BCUT2D eigenvalue weighted by atomic mass is 9.68. The molecular weight excluding hydrogens is 384 g/mol. The lowest BCUT2D eigenvalue weighted by Crippen LogP contribution is -2.27. The van der Waals surface area contributed by atoms with Gasteiger partial charge in [-0.05, 0) is 88.3 Å². The molecule has 0 radical (unpaired) electrons. The van der Waals surface area contributed by atoms with Crippen LogP contribution in [0, 0.1) is 6.92 Å². The van der Waals surface area contributed by atoms with Gasteiger partial charge in [0.2, 0.25) is 0 Å². The quantitative estimate of drug-likeness (QED) is 0.379. The highest BCUT2D eigenvalue weighted by atomic mass is 14.6. The van der Waals surface area contributed by atoms with Gasteiger partial charge < -0.3 is 0 Å². The molecule has 3 aromatic rings. The largest absolute Gasteiger partial charge is 0.0839 e. The van der Waals surface area contributed by atoms with Crippen LogP contribution in [-0.2, 0) is 5.41 Å². The lowest BCUT2D eigenvalue weighted by Gasteiger charge is -2.33. The molecule has 0 saturated carbocycles. The third-order valence-corrected chi connectivity index (χ3v) is 7.89. The van der Waals surface area contributed by atoms with Gasteiger partial charge in [-0.25, -0.2) is 0 Å². The van der Waals surface area contributed by atoms with Crippen LogP contribution in [0.3, 0.4) is 0 Å². The second-order valence-corrected chi connectivity index (χ2v) is 9.54. The maximum Gasteiger partial charge on any atom is 0.0719 e. The highest BCUT2D eigenvalue weighted by Gasteiger charge is 2.54. The van der Waals surface area contributed by atoms with Gasteiger partial charge in [0.15, 0.2) is 0 Å². The summed E-state index contributed by atoms with van der Waals surface area (Å²) in [5, 5.41) is 0. The normalized spacial score (nSPS) is 22.3. The van der Waals surface area contributed by atoms with Crippen LogP contribution < -0.4 is 0 Å². The van der Waals surface area contributed by atoms with Crippen LogP contribution >= 0.6 is 0 Å². The fourth-order valence-electron chi connectivity index (χ4n) is 6.64. The zero-order chi connectivity index (χ0) is 21.3. The van der Waals surface area contributed by atoms with Gasteiger partial charge in [0, 0.05) is 0 Å². The molecule has 154 valence electrons. The topological polar surface area (TPSA) is 0 Å². The third-order valence-electron chi connectivity index (χ3n) is 7.89. The molecule has 1 unspecified atom stereocenters. The summed E-state index contributed by atoms with van der Waals surface area (Å²) in [5.74, 6) is 0. The lowest BCUT2D eigenvalue weighted by molar-refractivity contribution is 0.762. The van der Waals surface area contributed by atoms with Crippen molar-refractivity contribution in [2.45, 2.75) is 38.0 Å². The van der Waals surface area contributed by atoms with Crippen molar-refractivity contribution < 1.29 is 0 Å². The molecule has 3 aromatic carbocycles. The molecule has 4 aliphatic carbocycles. The van der Waals surface area contributed by atoms with Crippen molar-refractivity contribution in [3.63, 3.8) is 0 Å². The van der Waals surface area contributed by atoms with Gasteiger partial charge in [-0.1, -0.05) is 96.6 Å². The maximum atomic E-state index is 2.55. The van der Waals surface area contributed by atoms with E-state index in [-0.39, 0.29) is 5.41 Å². The van der Waals surface area contributed by atoms with Gasteiger partial charge in [0.05, 0.1) is 5.41 Å². The molecule has 0 aromatic heterocycles. The van der Waals surface area contributed by atoms with Crippen molar-refractivity contribution in [1.82, 2.24) is 0 Å². The second kappa shape index (κ2) is 6.56. The Labute approximate surface area is 190 Å². The Hall–Kier alpha value is -3.38. The fraction of sp³-hybridized carbons (Fsp3) is 0.188. The molecule has 0 amide bonds. The SMILES string of the molecule is Cc1ccc(-c2cccc3c2-c2ccccc2C32C3=CCCC=C3C3=C2C=CCC3)cc1. The van der Waals surface area contributed by atoms with Gasteiger partial charge in [0.25, 0.3) is 0 Å². The molecule has 4 aliphatic rings. The van der Waals surface area contributed by atoms with Gasteiger partial charge in [-0.15, -0.1) is 0 Å². The molecule has 0 fully saturated rings. The van der Waals surface area contributed by atoms with Crippen LogP contribution in [0.4, 0.5) is 0 Å². The number of aryl methyl sites for hydroxylation is 1. The van der Waals surface area contributed by atoms with Crippen molar-refractivity contribution in [2.75, 3.05) is 0 Å². The summed E-state index contributed by atoms with van der Waals surface area (Å²) in [7, 11) is 0. The van der Waals surface area contributed by atoms with Gasteiger partial charge >= 0.3 is 0 Å². The van der Waals surface area contributed by atoms with Crippen molar-refractivity contribution in [2.24, 2.45) is 0 Å². The van der Waals surface area contributed by atoms with Crippen LogP contribution in [0.5, 0.6) is 0 Å². The molecule has 1 spiro atoms. The van der Waals surface area contributed by atoms with Crippen molar-refractivity contribution in [3.05, 3.63) is 130 Å². The van der Waals surface area contributed by atoms with E-state index in [1.807, 2.05) is 0 Å². The van der Waals surface area contributed by atoms with Crippen molar-refractivity contribution in [1.29, 1.82) is 0 Å². The van der Waals surface area contributed by atoms with Gasteiger partial charge in [-0.3, -0.25) is 0 Å². The average molecular weight is 411 g/mol. The average Bonchev–Trinajstić information content (AvgIpc) is 3.32. The predicted octanol–water partition coefficient (Wildman–Crippen LogP) is 8.24. The predicted molar refractivity (Wildman–Crippen MR) is 134 cm³/mol. The van der Waals surface area contributed by atoms with Crippen LogP contribution in [0.1, 0.15) is 42.4 Å². The summed E-state index contributed by atoms with van der Waals surface area (Å²) in [4.78, 5) is 0. The number of rotatable bonds is 1. The van der Waals surface area contributed by atoms with E-state index < -0.39 is 0 Å². The summed E-state index contributed by atoms with van der Waals surface area (Å²) in [6.07, 6.45) is 14.5. The van der Waals surface area contributed by atoms with Gasteiger partial charge in [-0.2, -0.15) is 0 Å². The van der Waals surface area contributed by atoms with Crippen LogP contribution in [-0.4, -0.2) is 0 Å². The molecule has 0 bridgehead atoms. The first-order valence-corrected chi connectivity index (χ1v) is 11.9. The standard InChI is InChI=1S/C32H26/c1-21-17-19-22(20-18-21)23-12-8-16-30-31(23)26-11-4-7-15-29(26)32(30)27-13-5-2-9-24(27)25-10-3-6-14-28(25)32/h4-5,7-8,10-20H,2-3,6,9H2,1H3. The molecule has 0 nitrogen and oxygen atoms in total. The minimum Gasteiger partial charge on any atom is -0.0839 e. The molecule has 0 heterocycles.